The Labute approximate surface area is 219 Å². The Balaban J connectivity index is 1.72. The molecule has 0 aromatic carbocycles. The first kappa shape index (κ1) is 27.4. The number of rotatable bonds is 7. The van der Waals surface area contributed by atoms with Crippen LogP contribution in [0.15, 0.2) is 23.8 Å². The molecule has 4 aliphatic rings. The van der Waals surface area contributed by atoms with Gasteiger partial charge in [0.15, 0.2) is 17.1 Å². The van der Waals surface area contributed by atoms with Crippen LogP contribution in [0.1, 0.15) is 86.0 Å². The molecule has 0 radical (unpaired) electrons. The number of hydrogen-bond donors (Lipinski definition) is 1. The smallest absolute Gasteiger partial charge is 0.303 e. The van der Waals surface area contributed by atoms with E-state index in [9.17, 15) is 14.7 Å². The second-order valence-corrected chi connectivity index (χ2v) is 12.3. The lowest BCUT2D eigenvalue weighted by atomic mass is 9.45. The first-order chi connectivity index (χ1) is 16.9. The van der Waals surface area contributed by atoms with Crippen LogP contribution in [-0.2, 0) is 19.1 Å². The highest BCUT2D eigenvalue weighted by Crippen LogP contribution is 2.71. The Morgan fingerprint density at radius 2 is 1.97 bits per heavy atom. The lowest BCUT2D eigenvalue weighted by Crippen LogP contribution is -2.69. The third-order valence-electron chi connectivity index (χ3n) is 10.0. The lowest BCUT2D eigenvalue weighted by molar-refractivity contribution is -0.217. The van der Waals surface area contributed by atoms with E-state index in [1.165, 1.54) is 13.0 Å². The SMILES string of the molecule is CCCCCCOC(=S)[C@@]1(OC(C)=O)[C@@H](C)C[C@H]2[C@@H]3CCC4=CC(=O)C=C[C@]4(C)[C@@]3(F)[C@@H](O)C[C@@]21C. The molecular weight excluding hydrogens is 479 g/mol. The fraction of sp³-hybridized carbons (Fsp3) is 0.759. The van der Waals surface area contributed by atoms with E-state index in [0.29, 0.717) is 25.9 Å². The molecule has 5 nitrogen and oxygen atoms in total. The Kier molecular flexibility index (Phi) is 7.32. The van der Waals surface area contributed by atoms with Crippen LogP contribution in [0.25, 0.3) is 0 Å². The van der Waals surface area contributed by atoms with E-state index in [0.717, 1.165) is 31.3 Å². The number of aliphatic hydroxyl groups is 1. The van der Waals surface area contributed by atoms with Gasteiger partial charge in [-0.1, -0.05) is 51.7 Å². The molecule has 0 unspecified atom stereocenters. The van der Waals surface area contributed by atoms with Crippen molar-refractivity contribution >= 4 is 29.0 Å². The molecule has 0 spiro atoms. The predicted octanol–water partition coefficient (Wildman–Crippen LogP) is 5.83. The number of aliphatic hydroxyl groups excluding tert-OH is 1. The van der Waals surface area contributed by atoms with Crippen molar-refractivity contribution in [3.05, 3.63) is 23.8 Å². The van der Waals surface area contributed by atoms with E-state index in [2.05, 4.69) is 6.92 Å². The Hall–Kier alpha value is -1.60. The summed E-state index contributed by atoms with van der Waals surface area (Å²) in [6.45, 7) is 9.76. The molecule has 4 aliphatic carbocycles. The number of allylic oxidation sites excluding steroid dienone is 4. The zero-order chi connectivity index (χ0) is 26.5. The van der Waals surface area contributed by atoms with Crippen LogP contribution in [0.2, 0.25) is 0 Å². The number of hydrogen-bond acceptors (Lipinski definition) is 6. The highest BCUT2D eigenvalue weighted by atomic mass is 32.1. The number of halogens is 1. The molecule has 3 saturated carbocycles. The summed E-state index contributed by atoms with van der Waals surface area (Å²) in [7, 11) is 0. The second-order valence-electron chi connectivity index (χ2n) is 11.9. The number of thiocarbonyl (C=S) groups is 1. The van der Waals surface area contributed by atoms with E-state index in [1.807, 2.05) is 20.8 Å². The molecule has 200 valence electrons. The minimum absolute atomic E-state index is 0.0896. The summed E-state index contributed by atoms with van der Waals surface area (Å²) in [6, 6.07) is 0. The number of carbonyl (C=O) groups excluding carboxylic acids is 2. The summed E-state index contributed by atoms with van der Waals surface area (Å²) >= 11 is 5.85. The number of ketones is 1. The maximum absolute atomic E-state index is 17.4. The zero-order valence-electron chi connectivity index (χ0n) is 22.3. The van der Waals surface area contributed by atoms with Crippen LogP contribution in [0.3, 0.4) is 0 Å². The average molecular weight is 521 g/mol. The van der Waals surface area contributed by atoms with Gasteiger partial charge >= 0.3 is 5.97 Å². The number of esters is 1. The standard InChI is InChI=1S/C29H41FO5S/c1-6-7-8-9-14-34-25(36)29(35-19(3)31)18(2)15-23-22-11-10-20-16-21(32)12-13-26(20,4)28(22,30)24(33)17-27(23,29)5/h12-13,16,18,22-24,33H,6-11,14-15,17H2,1-5H3/t18-,22-,23-,24-,26-,27-,28-,29-/m0/s1. The van der Waals surface area contributed by atoms with Gasteiger partial charge < -0.3 is 14.6 Å². The number of carbonyl (C=O) groups is 2. The number of fused-ring (bicyclic) bond motifs is 5. The lowest BCUT2D eigenvalue weighted by Gasteiger charge is -2.62. The fourth-order valence-corrected chi connectivity index (χ4v) is 8.81. The van der Waals surface area contributed by atoms with Gasteiger partial charge in [0.2, 0.25) is 5.05 Å². The number of unbranched alkanes of at least 4 members (excludes halogenated alkanes) is 3. The van der Waals surface area contributed by atoms with Gasteiger partial charge in [0.1, 0.15) is 0 Å². The summed E-state index contributed by atoms with van der Waals surface area (Å²) in [6.07, 6.45) is 9.24. The van der Waals surface area contributed by atoms with Gasteiger partial charge in [-0.25, -0.2) is 4.39 Å². The molecule has 36 heavy (non-hydrogen) atoms. The highest BCUT2D eigenvalue weighted by Gasteiger charge is 2.77. The molecule has 4 rings (SSSR count). The van der Waals surface area contributed by atoms with Crippen molar-refractivity contribution < 1.29 is 28.6 Å². The monoisotopic (exact) mass is 520 g/mol. The Bertz CT molecular complexity index is 992. The van der Waals surface area contributed by atoms with E-state index >= 15 is 4.39 Å². The van der Waals surface area contributed by atoms with Gasteiger partial charge in [-0.05, 0) is 69.3 Å². The Morgan fingerprint density at radius 1 is 1.25 bits per heavy atom. The molecule has 0 aromatic heterocycles. The van der Waals surface area contributed by atoms with Crippen molar-refractivity contribution in [1.82, 2.24) is 0 Å². The topological polar surface area (TPSA) is 72.8 Å². The van der Waals surface area contributed by atoms with Crippen molar-refractivity contribution in [2.75, 3.05) is 6.61 Å². The van der Waals surface area contributed by atoms with Crippen molar-refractivity contribution in [3.8, 4) is 0 Å². The molecule has 0 amide bonds. The minimum atomic E-state index is -1.94. The molecule has 0 bridgehead atoms. The third kappa shape index (κ3) is 3.74. The first-order valence-electron chi connectivity index (χ1n) is 13.6. The third-order valence-corrected chi connectivity index (χ3v) is 10.4. The fourth-order valence-electron chi connectivity index (χ4n) is 8.25. The normalized spacial score (nSPS) is 43.2. The summed E-state index contributed by atoms with van der Waals surface area (Å²) in [4.78, 5) is 24.5. The van der Waals surface area contributed by atoms with Gasteiger partial charge in [-0.15, -0.1) is 0 Å². The van der Waals surface area contributed by atoms with Crippen LogP contribution in [-0.4, -0.2) is 45.9 Å². The van der Waals surface area contributed by atoms with Crippen LogP contribution >= 0.6 is 12.2 Å². The van der Waals surface area contributed by atoms with E-state index in [4.69, 9.17) is 21.7 Å². The summed E-state index contributed by atoms with van der Waals surface area (Å²) in [5.74, 6) is -1.43. The summed E-state index contributed by atoms with van der Waals surface area (Å²) in [5.41, 5.74) is -4.26. The van der Waals surface area contributed by atoms with Crippen LogP contribution in [0, 0.1) is 28.6 Å². The van der Waals surface area contributed by atoms with Gasteiger partial charge in [0, 0.05) is 29.6 Å². The first-order valence-corrected chi connectivity index (χ1v) is 14.0. The number of ether oxygens (including phenoxy) is 2. The molecule has 8 atom stereocenters. The van der Waals surface area contributed by atoms with Gasteiger partial charge in [0.25, 0.3) is 0 Å². The molecule has 3 fully saturated rings. The van der Waals surface area contributed by atoms with Crippen molar-refractivity contribution in [3.63, 3.8) is 0 Å². The largest absolute Gasteiger partial charge is 0.483 e. The summed E-state index contributed by atoms with van der Waals surface area (Å²) in [5, 5.41) is 11.9. The van der Waals surface area contributed by atoms with Crippen molar-refractivity contribution in [2.45, 2.75) is 103 Å². The quantitative estimate of drug-likeness (QED) is 0.259. The van der Waals surface area contributed by atoms with Crippen LogP contribution < -0.4 is 0 Å². The molecule has 0 aliphatic heterocycles. The van der Waals surface area contributed by atoms with Gasteiger partial charge in [-0.3, -0.25) is 9.59 Å². The molecule has 0 aromatic rings. The van der Waals surface area contributed by atoms with Crippen molar-refractivity contribution in [1.29, 1.82) is 0 Å². The van der Waals surface area contributed by atoms with Crippen LogP contribution in [0.4, 0.5) is 4.39 Å². The van der Waals surface area contributed by atoms with E-state index in [-0.39, 0.29) is 29.1 Å². The molecule has 1 N–H and O–H groups in total. The Morgan fingerprint density at radius 3 is 2.64 bits per heavy atom. The average Bonchev–Trinajstić information content (AvgIpc) is 3.02. The number of alkyl halides is 1. The van der Waals surface area contributed by atoms with Gasteiger partial charge in [-0.2, -0.15) is 0 Å². The molecule has 0 saturated heterocycles. The van der Waals surface area contributed by atoms with Crippen LogP contribution in [0.5, 0.6) is 0 Å². The second kappa shape index (κ2) is 9.61. The summed E-state index contributed by atoms with van der Waals surface area (Å²) < 4.78 is 29.6. The maximum atomic E-state index is 17.4. The molecule has 0 heterocycles. The minimum Gasteiger partial charge on any atom is -0.483 e. The maximum Gasteiger partial charge on any atom is 0.303 e. The highest BCUT2D eigenvalue weighted by molar-refractivity contribution is 7.80. The predicted molar refractivity (Wildman–Crippen MR) is 140 cm³/mol. The molecular formula is C29H41FO5S. The molecule has 7 heteroatoms. The zero-order valence-corrected chi connectivity index (χ0v) is 23.1. The van der Waals surface area contributed by atoms with E-state index in [1.54, 1.807) is 12.2 Å². The van der Waals surface area contributed by atoms with Crippen molar-refractivity contribution in [2.24, 2.45) is 28.6 Å². The van der Waals surface area contributed by atoms with Gasteiger partial charge in [0.05, 0.1) is 12.7 Å². The van der Waals surface area contributed by atoms with E-state index < -0.39 is 40.1 Å².